The number of hydrogen-bond donors (Lipinski definition) is 0. The first kappa shape index (κ1) is 17.0. The molecule has 2 saturated heterocycles. The van der Waals surface area contributed by atoms with Crippen LogP contribution in [-0.2, 0) is 26.0 Å². The number of likely N-dealkylation sites (tertiary alicyclic amines) is 1. The molecule has 0 bridgehead atoms. The Hall–Kier alpha value is -1.47. The van der Waals surface area contributed by atoms with Crippen LogP contribution in [0, 0.1) is 11.8 Å². The lowest BCUT2D eigenvalue weighted by Gasteiger charge is -2.51. The lowest BCUT2D eigenvalue weighted by atomic mass is 9.79. The minimum absolute atomic E-state index is 0.0281. The molecule has 1 unspecified atom stereocenters. The molecule has 1 saturated carbocycles. The summed E-state index contributed by atoms with van der Waals surface area (Å²) >= 11 is 0. The van der Waals surface area contributed by atoms with Gasteiger partial charge in [0.25, 0.3) is 0 Å². The van der Waals surface area contributed by atoms with Crippen molar-refractivity contribution >= 4 is 15.7 Å². The largest absolute Gasteiger partial charge is 0.376 e. The van der Waals surface area contributed by atoms with Gasteiger partial charge >= 0.3 is 0 Å². The first-order valence-corrected chi connectivity index (χ1v) is 10.6. The zero-order valence-electron chi connectivity index (χ0n) is 14.3. The van der Waals surface area contributed by atoms with Gasteiger partial charge in [-0.15, -0.1) is 0 Å². The Morgan fingerprint density at radius 3 is 2.76 bits per heavy atom. The van der Waals surface area contributed by atoms with Crippen LogP contribution >= 0.6 is 0 Å². The summed E-state index contributed by atoms with van der Waals surface area (Å²) in [6.07, 6.45) is 7.10. The van der Waals surface area contributed by atoms with Gasteiger partial charge in [-0.1, -0.05) is 12.5 Å². The summed E-state index contributed by atoms with van der Waals surface area (Å²) in [7, 11) is -3.16. The van der Waals surface area contributed by atoms with E-state index in [1.54, 1.807) is 17.3 Å². The van der Waals surface area contributed by atoms with Crippen molar-refractivity contribution < 1.29 is 17.9 Å². The predicted octanol–water partition coefficient (Wildman–Crippen LogP) is 1.41. The molecule has 136 valence electrons. The van der Waals surface area contributed by atoms with Crippen LogP contribution in [0.25, 0.3) is 0 Å². The number of hydrogen-bond acceptors (Lipinski definition) is 5. The smallest absolute Gasteiger partial charge is 0.225 e. The van der Waals surface area contributed by atoms with Crippen LogP contribution in [0.4, 0.5) is 0 Å². The lowest BCUT2D eigenvalue weighted by molar-refractivity contribution is -0.145. The molecule has 4 rings (SSSR count). The number of pyridine rings is 1. The third-order valence-corrected chi connectivity index (χ3v) is 8.70. The highest BCUT2D eigenvalue weighted by Gasteiger charge is 2.62. The zero-order valence-corrected chi connectivity index (χ0v) is 15.1. The molecule has 1 aromatic heterocycles. The molecule has 3 fully saturated rings. The molecule has 7 heteroatoms. The predicted molar refractivity (Wildman–Crippen MR) is 92.4 cm³/mol. The van der Waals surface area contributed by atoms with Crippen LogP contribution in [0.2, 0.25) is 0 Å². The summed E-state index contributed by atoms with van der Waals surface area (Å²) in [6.45, 7) is 1.56. The first-order chi connectivity index (χ1) is 12.0. The van der Waals surface area contributed by atoms with Crippen molar-refractivity contribution in [2.24, 2.45) is 11.8 Å². The highest BCUT2D eigenvalue weighted by molar-refractivity contribution is 7.93. The van der Waals surface area contributed by atoms with Gasteiger partial charge in [0.2, 0.25) is 5.91 Å². The SMILES string of the molecule is O=C(C1CCC1)N1CC2(C1)C(COCc1cccnc1)CCS2(=O)=O. The van der Waals surface area contributed by atoms with E-state index in [0.29, 0.717) is 32.7 Å². The first-order valence-electron chi connectivity index (χ1n) is 9.00. The van der Waals surface area contributed by atoms with Crippen molar-refractivity contribution in [2.75, 3.05) is 25.4 Å². The number of sulfone groups is 1. The number of ether oxygens (including phenoxy) is 1. The van der Waals surface area contributed by atoms with Crippen molar-refractivity contribution in [3.05, 3.63) is 30.1 Å². The van der Waals surface area contributed by atoms with Crippen molar-refractivity contribution in [3.8, 4) is 0 Å². The number of carbonyl (C=O) groups excluding carboxylic acids is 1. The molecule has 2 aliphatic heterocycles. The number of nitrogens with zero attached hydrogens (tertiary/aromatic N) is 2. The van der Waals surface area contributed by atoms with Crippen molar-refractivity contribution in [1.82, 2.24) is 9.88 Å². The molecule has 25 heavy (non-hydrogen) atoms. The maximum atomic E-state index is 12.6. The topological polar surface area (TPSA) is 76.6 Å². The number of carbonyl (C=O) groups is 1. The van der Waals surface area contributed by atoms with Gasteiger partial charge in [-0.25, -0.2) is 8.42 Å². The van der Waals surface area contributed by atoms with E-state index in [4.69, 9.17) is 4.74 Å². The monoisotopic (exact) mass is 364 g/mol. The van der Waals surface area contributed by atoms with E-state index in [0.717, 1.165) is 24.8 Å². The summed E-state index contributed by atoms with van der Waals surface area (Å²) in [5, 5.41) is 0. The zero-order chi connectivity index (χ0) is 17.5. The second kappa shape index (κ2) is 6.36. The Kier molecular flexibility index (Phi) is 4.32. The number of amides is 1. The number of aromatic nitrogens is 1. The molecule has 1 spiro atoms. The minimum Gasteiger partial charge on any atom is -0.376 e. The van der Waals surface area contributed by atoms with Crippen LogP contribution in [0.1, 0.15) is 31.2 Å². The average molecular weight is 364 g/mol. The van der Waals surface area contributed by atoms with Crippen LogP contribution in [0.15, 0.2) is 24.5 Å². The van der Waals surface area contributed by atoms with Gasteiger partial charge in [0.15, 0.2) is 9.84 Å². The Morgan fingerprint density at radius 1 is 1.32 bits per heavy atom. The van der Waals surface area contributed by atoms with Gasteiger partial charge in [0, 0.05) is 37.3 Å². The maximum Gasteiger partial charge on any atom is 0.225 e. The van der Waals surface area contributed by atoms with Crippen LogP contribution in [-0.4, -0.2) is 54.4 Å². The molecule has 1 aromatic rings. The quantitative estimate of drug-likeness (QED) is 0.790. The third-order valence-electron chi connectivity index (χ3n) is 6.09. The van der Waals surface area contributed by atoms with Crippen LogP contribution in [0.5, 0.6) is 0 Å². The molecule has 6 nitrogen and oxygen atoms in total. The average Bonchev–Trinajstić information content (AvgIpc) is 2.76. The molecule has 1 atom stereocenters. The Labute approximate surface area is 148 Å². The standard InChI is InChI=1S/C18H24N2O4S/c21-17(15-4-1-5-15)20-12-18(13-20)16(6-8-25(18,22)23)11-24-10-14-3-2-7-19-9-14/h2-3,7,9,15-16H,1,4-6,8,10-13H2. The minimum atomic E-state index is -3.16. The van der Waals surface area contributed by atoms with Crippen LogP contribution < -0.4 is 0 Å². The second-order valence-electron chi connectivity index (χ2n) is 7.57. The normalized spacial score (nSPS) is 27.0. The summed E-state index contributed by atoms with van der Waals surface area (Å²) < 4.78 is 30.3. The fourth-order valence-electron chi connectivity index (χ4n) is 4.18. The molecule has 0 aromatic carbocycles. The van der Waals surface area contributed by atoms with Crippen molar-refractivity contribution in [2.45, 2.75) is 37.0 Å². The van der Waals surface area contributed by atoms with E-state index in [1.807, 2.05) is 12.1 Å². The second-order valence-corrected chi connectivity index (χ2v) is 10.0. The lowest BCUT2D eigenvalue weighted by Crippen LogP contribution is -2.69. The fraction of sp³-hybridized carbons (Fsp3) is 0.667. The summed E-state index contributed by atoms with van der Waals surface area (Å²) in [5.41, 5.74) is 0.979. The Balaban J connectivity index is 1.38. The maximum absolute atomic E-state index is 12.6. The molecular formula is C18H24N2O4S. The van der Waals surface area contributed by atoms with Gasteiger partial charge < -0.3 is 9.64 Å². The molecular weight excluding hydrogens is 340 g/mol. The van der Waals surface area contributed by atoms with E-state index in [9.17, 15) is 13.2 Å². The van der Waals surface area contributed by atoms with E-state index in [-0.39, 0.29) is 23.5 Å². The van der Waals surface area contributed by atoms with Crippen LogP contribution in [0.3, 0.4) is 0 Å². The van der Waals surface area contributed by atoms with E-state index >= 15 is 0 Å². The fourth-order valence-corrected chi connectivity index (χ4v) is 6.58. The third kappa shape index (κ3) is 2.87. The van der Waals surface area contributed by atoms with Gasteiger partial charge in [0.05, 0.1) is 19.0 Å². The number of rotatable bonds is 5. The van der Waals surface area contributed by atoms with Gasteiger partial charge in [0.1, 0.15) is 4.75 Å². The van der Waals surface area contributed by atoms with Gasteiger partial charge in [-0.3, -0.25) is 9.78 Å². The van der Waals surface area contributed by atoms with E-state index < -0.39 is 14.6 Å². The molecule has 3 heterocycles. The highest BCUT2D eigenvalue weighted by atomic mass is 32.2. The summed E-state index contributed by atoms with van der Waals surface area (Å²) in [5.74, 6) is 0.453. The molecule has 1 aliphatic carbocycles. The Bertz CT molecular complexity index is 740. The van der Waals surface area contributed by atoms with Gasteiger partial charge in [-0.05, 0) is 30.9 Å². The molecule has 0 radical (unpaired) electrons. The van der Waals surface area contributed by atoms with Crippen molar-refractivity contribution in [1.29, 1.82) is 0 Å². The Morgan fingerprint density at radius 2 is 2.12 bits per heavy atom. The molecule has 1 amide bonds. The highest BCUT2D eigenvalue weighted by Crippen LogP contribution is 2.46. The van der Waals surface area contributed by atoms with Crippen molar-refractivity contribution in [3.63, 3.8) is 0 Å². The summed E-state index contributed by atoms with van der Waals surface area (Å²) in [4.78, 5) is 18.2. The van der Waals surface area contributed by atoms with E-state index in [2.05, 4.69) is 4.98 Å². The van der Waals surface area contributed by atoms with Gasteiger partial charge in [-0.2, -0.15) is 0 Å². The molecule has 0 N–H and O–H groups in total. The van der Waals surface area contributed by atoms with E-state index in [1.165, 1.54) is 0 Å². The summed E-state index contributed by atoms with van der Waals surface area (Å²) in [6, 6.07) is 3.80. The molecule has 3 aliphatic rings.